The van der Waals surface area contributed by atoms with E-state index in [-0.39, 0.29) is 11.1 Å². The van der Waals surface area contributed by atoms with Gasteiger partial charge in [-0.15, -0.1) is 0 Å². The number of phenols is 1. The third-order valence-corrected chi connectivity index (χ3v) is 1.94. The van der Waals surface area contributed by atoms with Crippen LogP contribution in [0.1, 0.15) is 34.6 Å². The second-order valence-corrected chi connectivity index (χ2v) is 3.06. The highest BCUT2D eigenvalue weighted by molar-refractivity contribution is 6.03. The molecule has 5 heteroatoms. The molecular formula is C10H9FO4. The molecular weight excluding hydrogens is 203 g/mol. The second kappa shape index (κ2) is 4.08. The standard InChI is InChI=1S/C10H9FO4/c1-5(12)7-3-8(6(2)13)10(15-11)4-9(7)14/h3-4,14H,1-2H3. The quantitative estimate of drug-likeness (QED) is 0.779. The van der Waals surface area contributed by atoms with Gasteiger partial charge in [-0.05, 0) is 19.9 Å². The fraction of sp³-hybridized carbons (Fsp3) is 0.200. The lowest BCUT2D eigenvalue weighted by Crippen LogP contribution is -2.01. The van der Waals surface area contributed by atoms with Crippen LogP contribution in [-0.2, 0) is 0 Å². The van der Waals surface area contributed by atoms with Gasteiger partial charge in [-0.3, -0.25) is 14.5 Å². The topological polar surface area (TPSA) is 63.6 Å². The first-order chi connectivity index (χ1) is 6.97. The van der Waals surface area contributed by atoms with E-state index in [0.717, 1.165) is 12.1 Å². The Morgan fingerprint density at radius 2 is 1.73 bits per heavy atom. The molecule has 0 amide bonds. The fourth-order valence-corrected chi connectivity index (χ4v) is 1.19. The minimum atomic E-state index is -0.454. The van der Waals surface area contributed by atoms with Gasteiger partial charge in [0.2, 0.25) is 0 Å². The van der Waals surface area contributed by atoms with Crippen molar-refractivity contribution >= 4 is 11.6 Å². The van der Waals surface area contributed by atoms with Gasteiger partial charge in [0.15, 0.2) is 17.3 Å². The highest BCUT2D eigenvalue weighted by Gasteiger charge is 2.16. The van der Waals surface area contributed by atoms with E-state index in [9.17, 15) is 19.2 Å². The maximum Gasteiger partial charge on any atom is 0.186 e. The highest BCUT2D eigenvalue weighted by Crippen LogP contribution is 2.29. The van der Waals surface area contributed by atoms with Gasteiger partial charge in [0.05, 0.1) is 11.1 Å². The Bertz CT molecular complexity index is 426. The Hall–Kier alpha value is -1.91. The molecule has 1 aromatic rings. The van der Waals surface area contributed by atoms with E-state index in [0.29, 0.717) is 0 Å². The molecule has 0 radical (unpaired) electrons. The zero-order valence-electron chi connectivity index (χ0n) is 8.20. The lowest BCUT2D eigenvalue weighted by molar-refractivity contribution is -0.00727. The average molecular weight is 212 g/mol. The predicted octanol–water partition coefficient (Wildman–Crippen LogP) is 2.06. The zero-order valence-corrected chi connectivity index (χ0v) is 8.20. The summed E-state index contributed by atoms with van der Waals surface area (Å²) >= 11 is 0. The number of rotatable bonds is 3. The van der Waals surface area contributed by atoms with Gasteiger partial charge in [0, 0.05) is 10.6 Å². The summed E-state index contributed by atoms with van der Waals surface area (Å²) < 4.78 is 12.0. The molecule has 1 rings (SSSR count). The van der Waals surface area contributed by atoms with Gasteiger partial charge >= 0.3 is 0 Å². The van der Waals surface area contributed by atoms with Crippen LogP contribution in [0.25, 0.3) is 0 Å². The highest BCUT2D eigenvalue weighted by atomic mass is 19.3. The van der Waals surface area contributed by atoms with Crippen LogP contribution < -0.4 is 4.94 Å². The molecule has 0 aliphatic carbocycles. The molecule has 0 aliphatic rings. The molecule has 0 fully saturated rings. The number of aromatic hydroxyl groups is 1. The molecule has 80 valence electrons. The first kappa shape index (κ1) is 11.2. The minimum Gasteiger partial charge on any atom is -0.507 e. The van der Waals surface area contributed by atoms with E-state index in [1.807, 2.05) is 0 Å². The van der Waals surface area contributed by atoms with Crippen LogP contribution in [0.3, 0.4) is 0 Å². The van der Waals surface area contributed by atoms with Crippen LogP contribution in [-0.4, -0.2) is 16.7 Å². The van der Waals surface area contributed by atoms with Crippen LogP contribution in [0.4, 0.5) is 4.53 Å². The largest absolute Gasteiger partial charge is 0.507 e. The first-order valence-electron chi connectivity index (χ1n) is 4.14. The Balaban J connectivity index is 3.43. The molecule has 0 bridgehead atoms. The summed E-state index contributed by atoms with van der Waals surface area (Å²) in [4.78, 5) is 25.5. The maximum absolute atomic E-state index is 12.0. The van der Waals surface area contributed by atoms with Crippen molar-refractivity contribution in [3.8, 4) is 11.5 Å². The van der Waals surface area contributed by atoms with Crippen molar-refractivity contribution in [3.63, 3.8) is 0 Å². The molecule has 0 aliphatic heterocycles. The van der Waals surface area contributed by atoms with Crippen molar-refractivity contribution in [2.45, 2.75) is 13.8 Å². The maximum atomic E-state index is 12.0. The minimum absolute atomic E-state index is 0.0407. The van der Waals surface area contributed by atoms with E-state index >= 15 is 0 Å². The molecule has 1 N–H and O–H groups in total. The molecule has 1 aromatic carbocycles. The summed E-state index contributed by atoms with van der Waals surface area (Å²) in [5, 5.41) is 9.32. The number of carbonyl (C=O) groups is 2. The van der Waals surface area contributed by atoms with Crippen LogP contribution in [0.5, 0.6) is 11.5 Å². The molecule has 0 atom stereocenters. The molecule has 0 saturated carbocycles. The first-order valence-corrected chi connectivity index (χ1v) is 4.14. The second-order valence-electron chi connectivity index (χ2n) is 3.06. The number of ketones is 2. The van der Waals surface area contributed by atoms with Crippen molar-refractivity contribution in [3.05, 3.63) is 23.3 Å². The number of halogens is 1. The van der Waals surface area contributed by atoms with Crippen LogP contribution in [0.2, 0.25) is 0 Å². The van der Waals surface area contributed by atoms with Gasteiger partial charge in [0.25, 0.3) is 0 Å². The van der Waals surface area contributed by atoms with E-state index in [2.05, 4.69) is 4.94 Å². The molecule has 15 heavy (non-hydrogen) atoms. The van der Waals surface area contributed by atoms with Crippen molar-refractivity contribution in [2.75, 3.05) is 0 Å². The summed E-state index contributed by atoms with van der Waals surface area (Å²) in [7, 11) is 0. The van der Waals surface area contributed by atoms with E-state index in [1.165, 1.54) is 13.8 Å². The van der Waals surface area contributed by atoms with E-state index < -0.39 is 23.1 Å². The summed E-state index contributed by atoms with van der Waals surface area (Å²) in [6.07, 6.45) is 0. The lowest BCUT2D eigenvalue weighted by atomic mass is 10.0. The number of benzene rings is 1. The van der Waals surface area contributed by atoms with Crippen molar-refractivity contribution in [1.82, 2.24) is 0 Å². The monoisotopic (exact) mass is 212 g/mol. The number of phenolic OH excluding ortho intramolecular Hbond substituents is 1. The van der Waals surface area contributed by atoms with Gasteiger partial charge < -0.3 is 5.11 Å². The number of hydrogen-bond acceptors (Lipinski definition) is 4. The summed E-state index contributed by atoms with van der Waals surface area (Å²) in [5.41, 5.74) is -0.124. The Morgan fingerprint density at radius 1 is 1.20 bits per heavy atom. The van der Waals surface area contributed by atoms with Gasteiger partial charge in [-0.2, -0.15) is 0 Å². The van der Waals surface area contributed by atoms with Crippen LogP contribution in [0, 0.1) is 0 Å². The van der Waals surface area contributed by atoms with Gasteiger partial charge in [-0.25, -0.2) is 0 Å². The van der Waals surface area contributed by atoms with E-state index in [1.54, 1.807) is 0 Å². The Labute approximate surface area is 85.2 Å². The number of Topliss-reactive ketones (excluding diaryl/α,β-unsaturated/α-hetero) is 2. The number of hydrogen-bond donors (Lipinski definition) is 1. The van der Waals surface area contributed by atoms with Crippen molar-refractivity contribution < 1.29 is 24.2 Å². The van der Waals surface area contributed by atoms with Gasteiger partial charge in [-0.1, -0.05) is 0 Å². The summed E-state index contributed by atoms with van der Waals surface area (Å²) in [6, 6.07) is 2.00. The molecule has 0 unspecified atom stereocenters. The third kappa shape index (κ3) is 2.12. The van der Waals surface area contributed by atoms with Crippen molar-refractivity contribution in [1.29, 1.82) is 0 Å². The Morgan fingerprint density at radius 3 is 2.13 bits per heavy atom. The molecule has 0 spiro atoms. The smallest absolute Gasteiger partial charge is 0.186 e. The fourth-order valence-electron chi connectivity index (χ4n) is 1.19. The number of carbonyl (C=O) groups excluding carboxylic acids is 2. The summed E-state index contributed by atoms with van der Waals surface area (Å²) in [6.45, 7) is 2.44. The van der Waals surface area contributed by atoms with E-state index in [4.69, 9.17) is 0 Å². The Kier molecular flexibility index (Phi) is 3.04. The predicted molar refractivity (Wildman–Crippen MR) is 49.9 cm³/mol. The van der Waals surface area contributed by atoms with Crippen LogP contribution >= 0.6 is 0 Å². The SMILES string of the molecule is CC(=O)c1cc(C(C)=O)c(OF)cc1O. The van der Waals surface area contributed by atoms with Crippen LogP contribution in [0.15, 0.2) is 12.1 Å². The molecule has 0 aromatic heterocycles. The summed E-state index contributed by atoms with van der Waals surface area (Å²) in [5.74, 6) is -1.68. The normalized spacial score (nSPS) is 9.80. The zero-order chi connectivity index (χ0) is 11.6. The third-order valence-electron chi connectivity index (χ3n) is 1.94. The molecule has 4 nitrogen and oxygen atoms in total. The molecule has 0 heterocycles. The lowest BCUT2D eigenvalue weighted by Gasteiger charge is -2.06. The molecule has 0 saturated heterocycles. The average Bonchev–Trinajstić information content (AvgIpc) is 2.16. The van der Waals surface area contributed by atoms with Crippen molar-refractivity contribution in [2.24, 2.45) is 0 Å². The van der Waals surface area contributed by atoms with Gasteiger partial charge in [0.1, 0.15) is 5.75 Å².